The van der Waals surface area contributed by atoms with Gasteiger partial charge in [0, 0.05) is 6.42 Å². The fourth-order valence-electron chi connectivity index (χ4n) is 0.773. The lowest BCUT2D eigenvalue weighted by atomic mass is 9.85. The maximum absolute atomic E-state index is 10.9. The second-order valence-electron chi connectivity index (χ2n) is 2.93. The number of amides is 1. The summed E-state index contributed by atoms with van der Waals surface area (Å²) in [5.74, 6) is 3.30. The molecule has 0 aliphatic rings. The van der Waals surface area contributed by atoms with E-state index in [1.165, 1.54) is 6.92 Å². The third kappa shape index (κ3) is 2.79. The molecule has 3 N–H and O–H groups in total. The van der Waals surface area contributed by atoms with Gasteiger partial charge >= 0.3 is 5.97 Å². The Morgan fingerprint density at radius 1 is 1.54 bits per heavy atom. The first-order valence-electron chi connectivity index (χ1n) is 3.88. The summed E-state index contributed by atoms with van der Waals surface area (Å²) >= 11 is 0. The summed E-state index contributed by atoms with van der Waals surface area (Å²) in [6.07, 6.45) is 0.515. The molecule has 0 aliphatic carbocycles. The molecule has 0 fully saturated rings. The molecule has 1 amide bonds. The van der Waals surface area contributed by atoms with Crippen molar-refractivity contribution in [2.75, 3.05) is 0 Å². The molecule has 0 spiro atoms. The van der Waals surface area contributed by atoms with E-state index in [9.17, 15) is 9.59 Å². The third-order valence-electron chi connectivity index (χ3n) is 1.94. The summed E-state index contributed by atoms with van der Waals surface area (Å²) in [5.41, 5.74) is 3.49. The molecule has 4 heteroatoms. The molecule has 0 aromatic heterocycles. The van der Waals surface area contributed by atoms with E-state index < -0.39 is 17.3 Å². The minimum atomic E-state index is -1.50. The molecular formula is C9H13NO3. The van der Waals surface area contributed by atoms with Crippen LogP contribution in [0.5, 0.6) is 0 Å². The first-order chi connectivity index (χ1) is 5.95. The number of carboxylic acids is 1. The van der Waals surface area contributed by atoms with Crippen LogP contribution in [0.25, 0.3) is 0 Å². The molecule has 0 radical (unpaired) electrons. The van der Waals surface area contributed by atoms with Crippen LogP contribution in [0.15, 0.2) is 0 Å². The van der Waals surface area contributed by atoms with Crippen molar-refractivity contribution in [2.24, 2.45) is 11.1 Å². The van der Waals surface area contributed by atoms with Crippen LogP contribution in [0.3, 0.4) is 0 Å². The maximum atomic E-state index is 10.9. The second kappa shape index (κ2) is 4.51. The molecular weight excluding hydrogens is 170 g/mol. The summed E-state index contributed by atoms with van der Waals surface area (Å²) in [6.45, 7) is 2.97. The van der Waals surface area contributed by atoms with E-state index in [0.29, 0.717) is 6.42 Å². The number of carboxylic acid groups (broad SMARTS) is 1. The summed E-state index contributed by atoms with van der Waals surface area (Å²) in [7, 11) is 0. The molecule has 0 bridgehead atoms. The molecule has 0 saturated heterocycles. The molecule has 72 valence electrons. The van der Waals surface area contributed by atoms with Crippen LogP contribution in [0.1, 0.15) is 26.7 Å². The van der Waals surface area contributed by atoms with E-state index in [1.807, 2.05) is 0 Å². The minimum Gasteiger partial charge on any atom is -0.480 e. The number of rotatable bonds is 4. The van der Waals surface area contributed by atoms with Crippen molar-refractivity contribution < 1.29 is 14.7 Å². The standard InChI is InChI=1S/C9H13NO3/c1-3-4-5-6-9(2,7(10)11)8(12)13/h5-6H2,1-2H3,(H2,10,11)(H,12,13). The minimum absolute atomic E-state index is 0.151. The van der Waals surface area contributed by atoms with Crippen LogP contribution in [0.4, 0.5) is 0 Å². The molecule has 0 aromatic rings. The van der Waals surface area contributed by atoms with Gasteiger partial charge in [0.1, 0.15) is 5.41 Å². The van der Waals surface area contributed by atoms with Crippen molar-refractivity contribution in [1.82, 2.24) is 0 Å². The lowest BCUT2D eigenvalue weighted by Crippen LogP contribution is -2.41. The van der Waals surface area contributed by atoms with Crippen molar-refractivity contribution >= 4 is 11.9 Å². The van der Waals surface area contributed by atoms with Crippen LogP contribution < -0.4 is 5.73 Å². The van der Waals surface area contributed by atoms with Crippen molar-refractivity contribution in [2.45, 2.75) is 26.7 Å². The first kappa shape index (κ1) is 11.5. The highest BCUT2D eigenvalue weighted by molar-refractivity contribution is 6.00. The van der Waals surface area contributed by atoms with Crippen molar-refractivity contribution in [3.8, 4) is 11.8 Å². The zero-order valence-electron chi connectivity index (χ0n) is 7.76. The van der Waals surface area contributed by atoms with Crippen LogP contribution in [-0.2, 0) is 9.59 Å². The topological polar surface area (TPSA) is 80.4 Å². The number of primary amides is 1. The number of nitrogens with two attached hydrogens (primary N) is 1. The van der Waals surface area contributed by atoms with Gasteiger partial charge in [-0.25, -0.2) is 0 Å². The zero-order chi connectivity index (χ0) is 10.5. The van der Waals surface area contributed by atoms with Gasteiger partial charge in [0.15, 0.2) is 0 Å². The predicted octanol–water partition coefficient (Wildman–Crippen LogP) is 0.366. The molecule has 0 saturated carbocycles. The Balaban J connectivity index is 4.49. The molecule has 0 aromatic carbocycles. The highest BCUT2D eigenvalue weighted by atomic mass is 16.4. The summed E-state index contributed by atoms with van der Waals surface area (Å²) < 4.78 is 0. The van der Waals surface area contributed by atoms with Gasteiger partial charge in [-0.15, -0.1) is 11.8 Å². The smallest absolute Gasteiger partial charge is 0.318 e. The molecule has 4 nitrogen and oxygen atoms in total. The normalized spacial score (nSPS) is 13.7. The largest absolute Gasteiger partial charge is 0.480 e. The van der Waals surface area contributed by atoms with Crippen LogP contribution in [0, 0.1) is 17.3 Å². The summed E-state index contributed by atoms with van der Waals surface area (Å²) in [4.78, 5) is 21.6. The Morgan fingerprint density at radius 2 is 2.08 bits per heavy atom. The fourth-order valence-corrected chi connectivity index (χ4v) is 0.773. The number of aliphatic carboxylic acids is 1. The molecule has 0 heterocycles. The highest BCUT2D eigenvalue weighted by Gasteiger charge is 2.38. The van der Waals surface area contributed by atoms with Gasteiger partial charge in [-0.3, -0.25) is 9.59 Å². The van der Waals surface area contributed by atoms with E-state index in [1.54, 1.807) is 6.92 Å². The monoisotopic (exact) mass is 183 g/mol. The predicted molar refractivity (Wildman–Crippen MR) is 47.6 cm³/mol. The average Bonchev–Trinajstić information content (AvgIpc) is 2.03. The fraction of sp³-hybridized carbons (Fsp3) is 0.556. The van der Waals surface area contributed by atoms with E-state index in [4.69, 9.17) is 10.8 Å². The van der Waals surface area contributed by atoms with Gasteiger partial charge in [0.2, 0.25) is 5.91 Å². The van der Waals surface area contributed by atoms with E-state index >= 15 is 0 Å². The number of carbonyl (C=O) groups is 2. The van der Waals surface area contributed by atoms with Gasteiger partial charge in [0.05, 0.1) is 0 Å². The first-order valence-corrected chi connectivity index (χ1v) is 3.88. The van der Waals surface area contributed by atoms with Gasteiger partial charge in [0.25, 0.3) is 0 Å². The molecule has 1 unspecified atom stereocenters. The SMILES string of the molecule is CC#CCCC(C)(C(N)=O)C(=O)O. The lowest BCUT2D eigenvalue weighted by molar-refractivity contribution is -0.153. The van der Waals surface area contributed by atoms with Crippen molar-refractivity contribution in [3.63, 3.8) is 0 Å². The van der Waals surface area contributed by atoms with Crippen LogP contribution >= 0.6 is 0 Å². The van der Waals surface area contributed by atoms with Gasteiger partial charge in [-0.05, 0) is 20.3 Å². The number of carbonyl (C=O) groups excluding carboxylic acids is 1. The zero-order valence-corrected chi connectivity index (χ0v) is 7.76. The van der Waals surface area contributed by atoms with E-state index in [-0.39, 0.29) is 6.42 Å². The third-order valence-corrected chi connectivity index (χ3v) is 1.94. The Hall–Kier alpha value is -1.50. The van der Waals surface area contributed by atoms with Crippen LogP contribution in [0.2, 0.25) is 0 Å². The van der Waals surface area contributed by atoms with Crippen molar-refractivity contribution in [1.29, 1.82) is 0 Å². The van der Waals surface area contributed by atoms with Gasteiger partial charge < -0.3 is 10.8 Å². The average molecular weight is 183 g/mol. The summed E-state index contributed by atoms with van der Waals surface area (Å²) in [6, 6.07) is 0. The Labute approximate surface area is 77.1 Å². The molecule has 13 heavy (non-hydrogen) atoms. The quantitative estimate of drug-likeness (QED) is 0.488. The molecule has 1 atom stereocenters. The van der Waals surface area contributed by atoms with Crippen molar-refractivity contribution in [3.05, 3.63) is 0 Å². The maximum Gasteiger partial charge on any atom is 0.318 e. The van der Waals surface area contributed by atoms with Gasteiger partial charge in [-0.1, -0.05) is 0 Å². The Bertz CT molecular complexity index is 258. The number of hydrogen-bond donors (Lipinski definition) is 2. The Morgan fingerprint density at radius 3 is 2.38 bits per heavy atom. The van der Waals surface area contributed by atoms with E-state index in [0.717, 1.165) is 0 Å². The van der Waals surface area contributed by atoms with Gasteiger partial charge in [-0.2, -0.15) is 0 Å². The molecule has 0 aliphatic heterocycles. The number of hydrogen-bond acceptors (Lipinski definition) is 2. The highest BCUT2D eigenvalue weighted by Crippen LogP contribution is 2.22. The van der Waals surface area contributed by atoms with E-state index in [2.05, 4.69) is 11.8 Å². The van der Waals surface area contributed by atoms with Crippen LogP contribution in [-0.4, -0.2) is 17.0 Å². The summed E-state index contributed by atoms with van der Waals surface area (Å²) in [5, 5.41) is 8.75. The Kier molecular flexibility index (Phi) is 3.99. The molecule has 0 rings (SSSR count). The second-order valence-corrected chi connectivity index (χ2v) is 2.93. The lowest BCUT2D eigenvalue weighted by Gasteiger charge is -2.18.